The maximum absolute atomic E-state index is 12.3. The predicted molar refractivity (Wildman–Crippen MR) is 85.7 cm³/mol. The zero-order valence-corrected chi connectivity index (χ0v) is 14.1. The molecular weight excluding hydrogens is 280 g/mol. The molecule has 2 rings (SSSR count). The minimum atomic E-state index is -0.213. The number of carbonyl (C=O) groups excluding carboxylic acids is 1. The smallest absolute Gasteiger partial charge is 0.317 e. The molecule has 0 aromatic carbocycles. The van der Waals surface area contributed by atoms with E-state index in [2.05, 4.69) is 35.6 Å². The maximum Gasteiger partial charge on any atom is 0.317 e. The number of aromatic nitrogens is 2. The molecule has 6 heteroatoms. The van der Waals surface area contributed by atoms with E-state index in [1.807, 2.05) is 18.0 Å². The second-order valence-electron chi connectivity index (χ2n) is 6.49. The second kappa shape index (κ2) is 7.13. The zero-order chi connectivity index (χ0) is 16.2. The number of hydrogen-bond donors (Lipinski definition) is 1. The van der Waals surface area contributed by atoms with E-state index in [4.69, 9.17) is 4.74 Å². The van der Waals surface area contributed by atoms with Crippen LogP contribution in [0.5, 0.6) is 0 Å². The first-order valence-corrected chi connectivity index (χ1v) is 8.08. The number of morpholine rings is 1. The van der Waals surface area contributed by atoms with Gasteiger partial charge in [0.2, 0.25) is 0 Å². The number of carbonyl (C=O) groups is 1. The van der Waals surface area contributed by atoms with Gasteiger partial charge in [-0.25, -0.2) is 9.78 Å². The van der Waals surface area contributed by atoms with Crippen LogP contribution in [-0.4, -0.2) is 52.3 Å². The Morgan fingerprint density at radius 1 is 1.59 bits per heavy atom. The number of imidazole rings is 1. The Balaban J connectivity index is 1.78. The van der Waals surface area contributed by atoms with Gasteiger partial charge in [0.05, 0.1) is 18.8 Å². The zero-order valence-electron chi connectivity index (χ0n) is 14.1. The molecule has 1 aromatic heterocycles. The van der Waals surface area contributed by atoms with Crippen molar-refractivity contribution in [3.63, 3.8) is 0 Å². The summed E-state index contributed by atoms with van der Waals surface area (Å²) in [5, 5.41) is 3.04. The van der Waals surface area contributed by atoms with E-state index in [0.29, 0.717) is 32.2 Å². The summed E-state index contributed by atoms with van der Waals surface area (Å²) in [6.07, 6.45) is 4.69. The lowest BCUT2D eigenvalue weighted by Gasteiger charge is -2.40. The number of rotatable bonds is 5. The first-order chi connectivity index (χ1) is 10.4. The molecule has 1 N–H and O–H groups in total. The van der Waals surface area contributed by atoms with Gasteiger partial charge in [-0.15, -0.1) is 0 Å². The normalized spacial score (nSPS) is 23.4. The van der Waals surface area contributed by atoms with Crippen molar-refractivity contribution < 1.29 is 9.53 Å². The Bertz CT molecular complexity index is 502. The molecule has 2 heterocycles. The van der Waals surface area contributed by atoms with Crippen molar-refractivity contribution in [2.75, 3.05) is 26.2 Å². The highest BCUT2D eigenvalue weighted by Crippen LogP contribution is 2.20. The maximum atomic E-state index is 12.3. The SMILES string of the molecule is CC[C@@]1(C)CN(C(=O)NC[C@H](C)Cn2ccnc2C)CCO1. The summed E-state index contributed by atoms with van der Waals surface area (Å²) >= 11 is 0. The molecule has 124 valence electrons. The van der Waals surface area contributed by atoms with E-state index >= 15 is 0 Å². The van der Waals surface area contributed by atoms with Gasteiger partial charge >= 0.3 is 6.03 Å². The molecule has 1 aromatic rings. The molecule has 0 aliphatic carbocycles. The van der Waals surface area contributed by atoms with Crippen LogP contribution in [0.25, 0.3) is 0 Å². The summed E-state index contributed by atoms with van der Waals surface area (Å²) < 4.78 is 7.88. The van der Waals surface area contributed by atoms with Gasteiger partial charge in [0.1, 0.15) is 5.82 Å². The van der Waals surface area contributed by atoms with Gasteiger partial charge in [-0.05, 0) is 26.2 Å². The van der Waals surface area contributed by atoms with E-state index in [0.717, 1.165) is 18.8 Å². The highest BCUT2D eigenvalue weighted by Gasteiger charge is 2.32. The standard InChI is InChI=1S/C16H28N4O2/c1-5-16(4)12-20(8-9-22-16)15(21)18-10-13(2)11-19-7-6-17-14(19)3/h6-7,13H,5,8-12H2,1-4H3,(H,18,21)/t13-,16-/m0/s1. The van der Waals surface area contributed by atoms with Crippen LogP contribution >= 0.6 is 0 Å². The molecular formula is C16H28N4O2. The van der Waals surface area contributed by atoms with Gasteiger partial charge in [0, 0.05) is 32.0 Å². The van der Waals surface area contributed by atoms with Crippen molar-refractivity contribution >= 4 is 6.03 Å². The van der Waals surface area contributed by atoms with E-state index in [-0.39, 0.29) is 11.6 Å². The van der Waals surface area contributed by atoms with Crippen LogP contribution < -0.4 is 5.32 Å². The Morgan fingerprint density at radius 2 is 2.36 bits per heavy atom. The van der Waals surface area contributed by atoms with Crippen LogP contribution in [-0.2, 0) is 11.3 Å². The average molecular weight is 308 g/mol. The van der Waals surface area contributed by atoms with Crippen molar-refractivity contribution in [2.24, 2.45) is 5.92 Å². The number of nitrogens with one attached hydrogen (secondary N) is 1. The molecule has 1 aliphatic heterocycles. The van der Waals surface area contributed by atoms with Crippen molar-refractivity contribution in [3.05, 3.63) is 18.2 Å². The molecule has 0 saturated carbocycles. The summed E-state index contributed by atoms with van der Waals surface area (Å²) in [5.74, 6) is 1.36. The van der Waals surface area contributed by atoms with Crippen LogP contribution in [0.15, 0.2) is 12.4 Å². The molecule has 0 bridgehead atoms. The first-order valence-electron chi connectivity index (χ1n) is 8.08. The quantitative estimate of drug-likeness (QED) is 0.905. The number of ether oxygens (including phenoxy) is 1. The van der Waals surface area contributed by atoms with Gasteiger partial charge in [-0.3, -0.25) is 0 Å². The lowest BCUT2D eigenvalue weighted by molar-refractivity contribution is -0.0873. The molecule has 1 fully saturated rings. The Morgan fingerprint density at radius 3 is 3.00 bits per heavy atom. The summed E-state index contributed by atoms with van der Waals surface area (Å²) in [4.78, 5) is 18.4. The van der Waals surface area contributed by atoms with E-state index < -0.39 is 0 Å². The molecule has 1 saturated heterocycles. The summed E-state index contributed by atoms with van der Waals surface area (Å²) in [6.45, 7) is 11.7. The van der Waals surface area contributed by atoms with Gasteiger partial charge in [-0.1, -0.05) is 13.8 Å². The predicted octanol–water partition coefficient (Wildman–Crippen LogP) is 2.04. The summed E-state index contributed by atoms with van der Waals surface area (Å²) in [7, 11) is 0. The first kappa shape index (κ1) is 16.8. The number of nitrogens with zero attached hydrogens (tertiary/aromatic N) is 3. The molecule has 0 unspecified atom stereocenters. The molecule has 0 spiro atoms. The van der Waals surface area contributed by atoms with Crippen LogP contribution in [0.1, 0.15) is 33.0 Å². The van der Waals surface area contributed by atoms with Crippen LogP contribution in [0.3, 0.4) is 0 Å². The minimum absolute atomic E-state index is 0.0113. The molecule has 1 aliphatic rings. The topological polar surface area (TPSA) is 59.4 Å². The fraction of sp³-hybridized carbons (Fsp3) is 0.750. The number of amides is 2. The van der Waals surface area contributed by atoms with Crippen molar-refractivity contribution in [2.45, 2.75) is 46.3 Å². The molecule has 2 amide bonds. The van der Waals surface area contributed by atoms with E-state index in [1.165, 1.54) is 0 Å². The van der Waals surface area contributed by atoms with E-state index in [9.17, 15) is 4.79 Å². The number of hydrogen-bond acceptors (Lipinski definition) is 3. The lowest BCUT2D eigenvalue weighted by atomic mass is 10.0. The van der Waals surface area contributed by atoms with Crippen molar-refractivity contribution in [3.8, 4) is 0 Å². The summed E-state index contributed by atoms with van der Waals surface area (Å²) in [6, 6.07) is 0.0113. The Hall–Kier alpha value is -1.56. The monoisotopic (exact) mass is 308 g/mol. The van der Waals surface area contributed by atoms with Crippen LogP contribution in [0, 0.1) is 12.8 Å². The van der Waals surface area contributed by atoms with Crippen molar-refractivity contribution in [1.82, 2.24) is 19.8 Å². The van der Waals surface area contributed by atoms with Gasteiger partial charge in [0.25, 0.3) is 0 Å². The fourth-order valence-electron chi connectivity index (χ4n) is 2.69. The van der Waals surface area contributed by atoms with Crippen molar-refractivity contribution in [1.29, 1.82) is 0 Å². The number of aryl methyl sites for hydroxylation is 1. The average Bonchev–Trinajstić information content (AvgIpc) is 2.90. The highest BCUT2D eigenvalue weighted by molar-refractivity contribution is 5.74. The third-order valence-corrected chi connectivity index (χ3v) is 4.41. The van der Waals surface area contributed by atoms with Crippen LogP contribution in [0.2, 0.25) is 0 Å². The molecule has 6 nitrogen and oxygen atoms in total. The van der Waals surface area contributed by atoms with Gasteiger partial charge in [-0.2, -0.15) is 0 Å². The third kappa shape index (κ3) is 4.22. The fourth-order valence-corrected chi connectivity index (χ4v) is 2.69. The lowest BCUT2D eigenvalue weighted by Crippen LogP contribution is -2.54. The summed E-state index contributed by atoms with van der Waals surface area (Å²) in [5.41, 5.74) is -0.213. The molecule has 22 heavy (non-hydrogen) atoms. The Kier molecular flexibility index (Phi) is 5.45. The largest absolute Gasteiger partial charge is 0.372 e. The molecule has 0 radical (unpaired) electrons. The molecule has 2 atom stereocenters. The number of urea groups is 1. The highest BCUT2D eigenvalue weighted by atomic mass is 16.5. The van der Waals surface area contributed by atoms with Gasteiger partial charge in [0.15, 0.2) is 0 Å². The van der Waals surface area contributed by atoms with E-state index in [1.54, 1.807) is 6.20 Å². The Labute approximate surface area is 132 Å². The second-order valence-corrected chi connectivity index (χ2v) is 6.49. The third-order valence-electron chi connectivity index (χ3n) is 4.41. The minimum Gasteiger partial charge on any atom is -0.372 e. The van der Waals surface area contributed by atoms with Gasteiger partial charge < -0.3 is 19.5 Å². The van der Waals surface area contributed by atoms with Crippen LogP contribution in [0.4, 0.5) is 4.79 Å².